The van der Waals surface area contributed by atoms with Crippen molar-refractivity contribution in [2.24, 2.45) is 0 Å². The highest BCUT2D eigenvalue weighted by Gasteiger charge is 2.25. The van der Waals surface area contributed by atoms with Gasteiger partial charge in [0.15, 0.2) is 0 Å². The van der Waals surface area contributed by atoms with E-state index in [4.69, 9.17) is 4.98 Å². The minimum Gasteiger partial charge on any atom is -0.362 e. The quantitative estimate of drug-likeness (QED) is 0.913. The Hall–Kier alpha value is -2.70. The van der Waals surface area contributed by atoms with Crippen molar-refractivity contribution in [3.05, 3.63) is 42.0 Å². The van der Waals surface area contributed by atoms with E-state index < -0.39 is 0 Å². The van der Waals surface area contributed by atoms with Crippen molar-refractivity contribution in [3.63, 3.8) is 0 Å². The average molecular weight is 340 g/mol. The Morgan fingerprint density at radius 1 is 1.32 bits per heavy atom. The average Bonchev–Trinajstić information content (AvgIpc) is 2.67. The van der Waals surface area contributed by atoms with Gasteiger partial charge in [0.2, 0.25) is 0 Å². The second-order valence-electron chi connectivity index (χ2n) is 6.43. The zero-order valence-electron chi connectivity index (χ0n) is 14.9. The van der Waals surface area contributed by atoms with Crippen LogP contribution in [0.5, 0.6) is 0 Å². The Bertz CT molecular complexity index is 734. The number of pyridine rings is 1. The monoisotopic (exact) mass is 340 g/mol. The number of amides is 1. The van der Waals surface area contributed by atoms with Crippen molar-refractivity contribution in [2.75, 3.05) is 44.0 Å². The van der Waals surface area contributed by atoms with Gasteiger partial charge in [0.1, 0.15) is 11.6 Å². The number of carbonyl (C=O) groups is 1. The summed E-state index contributed by atoms with van der Waals surface area (Å²) in [6.45, 7) is 1.84. The molecule has 0 bridgehead atoms. The van der Waals surface area contributed by atoms with Crippen LogP contribution in [0.25, 0.3) is 0 Å². The maximum atomic E-state index is 12.1. The Morgan fingerprint density at radius 2 is 2.16 bits per heavy atom. The predicted octanol–water partition coefficient (Wildman–Crippen LogP) is 1.68. The van der Waals surface area contributed by atoms with Gasteiger partial charge in [0.25, 0.3) is 5.91 Å². The summed E-state index contributed by atoms with van der Waals surface area (Å²) >= 11 is 0. The molecule has 132 valence electrons. The fourth-order valence-corrected chi connectivity index (χ4v) is 3.22. The molecule has 0 unspecified atom stereocenters. The van der Waals surface area contributed by atoms with Gasteiger partial charge in [-0.3, -0.25) is 9.78 Å². The maximum absolute atomic E-state index is 12.1. The Balaban J connectivity index is 1.86. The van der Waals surface area contributed by atoms with Crippen molar-refractivity contribution < 1.29 is 4.79 Å². The number of nitrogens with zero attached hydrogens (tertiary/aromatic N) is 5. The number of piperidine rings is 1. The Kier molecular flexibility index (Phi) is 5.11. The fraction of sp³-hybridized carbons (Fsp3) is 0.444. The van der Waals surface area contributed by atoms with E-state index in [2.05, 4.69) is 20.2 Å². The van der Waals surface area contributed by atoms with E-state index >= 15 is 0 Å². The summed E-state index contributed by atoms with van der Waals surface area (Å²) < 4.78 is 0. The topological polar surface area (TPSA) is 74.2 Å². The predicted molar refractivity (Wildman–Crippen MR) is 98.2 cm³/mol. The molecular formula is C18H24N6O. The van der Waals surface area contributed by atoms with Crippen LogP contribution in [0.4, 0.5) is 11.6 Å². The second kappa shape index (κ2) is 7.46. The number of rotatable bonds is 4. The smallest absolute Gasteiger partial charge is 0.254 e. The standard InChI is InChI=1S/C18H24N6O/c1-19-18(25)14-6-7-15(22-17(14)23(2)3)13-5-4-10-24(12-13)16-11-20-8-9-21-16/h6-9,11,13H,4-5,10,12H2,1-3H3,(H,19,25)/t13-/m1/s1. The van der Waals surface area contributed by atoms with E-state index in [-0.39, 0.29) is 5.91 Å². The molecule has 7 heteroatoms. The van der Waals surface area contributed by atoms with E-state index in [9.17, 15) is 4.79 Å². The van der Waals surface area contributed by atoms with Crippen molar-refractivity contribution in [1.29, 1.82) is 0 Å². The van der Waals surface area contributed by atoms with Gasteiger partial charge in [-0.15, -0.1) is 0 Å². The summed E-state index contributed by atoms with van der Waals surface area (Å²) in [6.07, 6.45) is 7.37. The van der Waals surface area contributed by atoms with Crippen molar-refractivity contribution in [2.45, 2.75) is 18.8 Å². The third-order valence-corrected chi connectivity index (χ3v) is 4.51. The van der Waals surface area contributed by atoms with Crippen LogP contribution in [0.2, 0.25) is 0 Å². The molecular weight excluding hydrogens is 316 g/mol. The molecule has 25 heavy (non-hydrogen) atoms. The number of anilines is 2. The molecule has 1 aliphatic rings. The molecule has 7 nitrogen and oxygen atoms in total. The van der Waals surface area contributed by atoms with Gasteiger partial charge in [-0.1, -0.05) is 0 Å². The first kappa shape index (κ1) is 17.1. The zero-order valence-corrected chi connectivity index (χ0v) is 14.9. The lowest BCUT2D eigenvalue weighted by Gasteiger charge is -2.33. The van der Waals surface area contributed by atoms with Crippen LogP contribution in [0.15, 0.2) is 30.7 Å². The van der Waals surface area contributed by atoms with E-state index in [0.29, 0.717) is 17.3 Å². The second-order valence-corrected chi connectivity index (χ2v) is 6.43. The van der Waals surface area contributed by atoms with Crippen LogP contribution in [0, 0.1) is 0 Å². The minimum absolute atomic E-state index is 0.118. The summed E-state index contributed by atoms with van der Waals surface area (Å²) in [6, 6.07) is 3.85. The highest BCUT2D eigenvalue weighted by Crippen LogP contribution is 2.29. The maximum Gasteiger partial charge on any atom is 0.254 e. The SMILES string of the molecule is CNC(=O)c1ccc([C@@H]2CCCN(c3cnccn3)C2)nc1N(C)C. The third kappa shape index (κ3) is 3.70. The lowest BCUT2D eigenvalue weighted by atomic mass is 9.94. The lowest BCUT2D eigenvalue weighted by Crippen LogP contribution is -2.35. The Labute approximate surface area is 148 Å². The van der Waals surface area contributed by atoms with Gasteiger partial charge in [-0.25, -0.2) is 9.97 Å². The van der Waals surface area contributed by atoms with Gasteiger partial charge in [-0.05, 0) is 25.0 Å². The molecule has 1 amide bonds. The van der Waals surface area contributed by atoms with Crippen LogP contribution >= 0.6 is 0 Å². The van der Waals surface area contributed by atoms with Crippen molar-refractivity contribution >= 4 is 17.5 Å². The minimum atomic E-state index is -0.118. The molecule has 2 aromatic rings. The normalized spacial score (nSPS) is 17.2. The number of nitrogens with one attached hydrogen (secondary N) is 1. The molecule has 1 atom stereocenters. The molecule has 1 N–H and O–H groups in total. The van der Waals surface area contributed by atoms with E-state index in [1.165, 1.54) is 0 Å². The summed E-state index contributed by atoms with van der Waals surface area (Å²) in [5, 5.41) is 2.68. The van der Waals surface area contributed by atoms with Gasteiger partial charge >= 0.3 is 0 Å². The van der Waals surface area contributed by atoms with Crippen LogP contribution < -0.4 is 15.1 Å². The van der Waals surface area contributed by atoms with Crippen molar-refractivity contribution in [1.82, 2.24) is 20.3 Å². The molecule has 0 aliphatic carbocycles. The number of hydrogen-bond donors (Lipinski definition) is 1. The van der Waals surface area contributed by atoms with Gasteiger partial charge in [0.05, 0.1) is 11.8 Å². The molecule has 2 aromatic heterocycles. The van der Waals surface area contributed by atoms with Crippen molar-refractivity contribution in [3.8, 4) is 0 Å². The highest BCUT2D eigenvalue weighted by molar-refractivity contribution is 5.98. The molecule has 1 fully saturated rings. The highest BCUT2D eigenvalue weighted by atomic mass is 16.1. The first-order valence-electron chi connectivity index (χ1n) is 8.51. The number of hydrogen-bond acceptors (Lipinski definition) is 6. The summed E-state index contributed by atoms with van der Waals surface area (Å²) in [5.74, 6) is 1.80. The largest absolute Gasteiger partial charge is 0.362 e. The first-order valence-corrected chi connectivity index (χ1v) is 8.51. The van der Waals surface area contributed by atoms with Gasteiger partial charge in [-0.2, -0.15) is 0 Å². The van der Waals surface area contributed by atoms with E-state index in [0.717, 1.165) is 37.4 Å². The van der Waals surface area contributed by atoms with Crippen LogP contribution in [-0.2, 0) is 0 Å². The number of carbonyl (C=O) groups excluding carboxylic acids is 1. The molecule has 3 rings (SSSR count). The van der Waals surface area contributed by atoms with E-state index in [1.54, 1.807) is 25.6 Å². The van der Waals surface area contributed by atoms with Gasteiger partial charge < -0.3 is 15.1 Å². The molecule has 1 aliphatic heterocycles. The molecule has 0 spiro atoms. The number of aromatic nitrogens is 3. The molecule has 0 radical (unpaired) electrons. The van der Waals surface area contributed by atoms with Gasteiger partial charge in [0, 0.05) is 58.2 Å². The molecule has 1 saturated heterocycles. The fourth-order valence-electron chi connectivity index (χ4n) is 3.22. The zero-order chi connectivity index (χ0) is 17.8. The molecule has 0 saturated carbocycles. The molecule has 0 aromatic carbocycles. The summed E-state index contributed by atoms with van der Waals surface area (Å²) in [7, 11) is 5.45. The van der Waals surface area contributed by atoms with Crippen LogP contribution in [-0.4, -0.2) is 55.1 Å². The Morgan fingerprint density at radius 3 is 2.84 bits per heavy atom. The third-order valence-electron chi connectivity index (χ3n) is 4.51. The van der Waals surface area contributed by atoms with Crippen LogP contribution in [0.3, 0.4) is 0 Å². The summed E-state index contributed by atoms with van der Waals surface area (Å²) in [5.41, 5.74) is 1.61. The van der Waals surface area contributed by atoms with Crippen LogP contribution in [0.1, 0.15) is 34.8 Å². The lowest BCUT2D eigenvalue weighted by molar-refractivity contribution is 0.0963. The van der Waals surface area contributed by atoms with E-state index in [1.807, 2.05) is 31.1 Å². The molecule has 3 heterocycles. The summed E-state index contributed by atoms with van der Waals surface area (Å²) in [4.78, 5) is 29.6. The first-order chi connectivity index (χ1) is 12.1.